The number of aromatic hydroxyl groups is 2. The molecular weight excluding hydrogens is 350 g/mol. The molecule has 1 saturated heterocycles. The van der Waals surface area contributed by atoms with E-state index in [2.05, 4.69) is 5.32 Å². The summed E-state index contributed by atoms with van der Waals surface area (Å²) in [6, 6.07) is 0.647. The van der Waals surface area contributed by atoms with E-state index in [-0.39, 0.29) is 24.1 Å². The molecule has 0 aliphatic carbocycles. The molecule has 142 valence electrons. The van der Waals surface area contributed by atoms with Crippen molar-refractivity contribution in [3.05, 3.63) is 23.8 Å². The van der Waals surface area contributed by atoms with Gasteiger partial charge in [-0.05, 0) is 24.6 Å². The van der Waals surface area contributed by atoms with Crippen LogP contribution in [0.5, 0.6) is 11.5 Å². The van der Waals surface area contributed by atoms with Gasteiger partial charge in [0.1, 0.15) is 0 Å². The summed E-state index contributed by atoms with van der Waals surface area (Å²) in [5.74, 6) is -4.32. The van der Waals surface area contributed by atoms with Crippen LogP contribution in [0, 0.1) is 0 Å². The normalized spacial score (nSPS) is 15.3. The van der Waals surface area contributed by atoms with E-state index in [1.807, 2.05) is 0 Å². The summed E-state index contributed by atoms with van der Waals surface area (Å²) in [5.41, 5.74) is -0.0119. The van der Waals surface area contributed by atoms with Crippen molar-refractivity contribution in [2.75, 3.05) is 19.6 Å². The number of piperazine rings is 1. The van der Waals surface area contributed by atoms with E-state index in [0.29, 0.717) is 11.4 Å². The number of benzene rings is 1. The number of hydrogen-bond donors (Lipinski definition) is 4. The molecule has 1 aliphatic heterocycles. The Kier molecular flexibility index (Phi) is 6.50. The van der Waals surface area contributed by atoms with Gasteiger partial charge in [0.15, 0.2) is 17.5 Å². The van der Waals surface area contributed by atoms with Crippen LogP contribution in [0.4, 0.5) is 4.79 Å². The fraction of sp³-hybridized carbons (Fsp3) is 0.333. The first kappa shape index (κ1) is 20.7. The van der Waals surface area contributed by atoms with Crippen LogP contribution >= 0.6 is 0 Å². The Labute approximate surface area is 147 Å². The van der Waals surface area contributed by atoms with Crippen molar-refractivity contribution in [2.45, 2.75) is 13.0 Å². The van der Waals surface area contributed by atoms with Gasteiger partial charge in [0.2, 0.25) is 0 Å². The number of carbonyl (C=O) groups is 4. The maximum atomic E-state index is 12.2. The molecule has 1 unspecified atom stereocenters. The Morgan fingerprint density at radius 2 is 1.81 bits per heavy atom. The number of carboxylic acids is 1. The first-order valence-electron chi connectivity index (χ1n) is 7.42. The van der Waals surface area contributed by atoms with Crippen molar-refractivity contribution in [1.82, 2.24) is 15.1 Å². The molecular formula is C15H19N3O8. The van der Waals surface area contributed by atoms with Gasteiger partial charge in [0.05, 0.1) is 0 Å². The number of urea groups is 1. The molecule has 11 nitrogen and oxygen atoms in total. The fourth-order valence-corrected chi connectivity index (χ4v) is 2.38. The van der Waals surface area contributed by atoms with Gasteiger partial charge in [-0.2, -0.15) is 0 Å². The first-order valence-corrected chi connectivity index (χ1v) is 7.42. The minimum absolute atomic E-state index is 0. The third-order valence-corrected chi connectivity index (χ3v) is 3.78. The van der Waals surface area contributed by atoms with Gasteiger partial charge in [0.25, 0.3) is 0 Å². The molecule has 1 fully saturated rings. The van der Waals surface area contributed by atoms with Gasteiger partial charge < -0.3 is 31.0 Å². The zero-order chi connectivity index (χ0) is 18.7. The van der Waals surface area contributed by atoms with Gasteiger partial charge in [-0.3, -0.25) is 14.5 Å². The zero-order valence-corrected chi connectivity index (χ0v) is 13.8. The van der Waals surface area contributed by atoms with Gasteiger partial charge in [0, 0.05) is 19.6 Å². The van der Waals surface area contributed by atoms with E-state index < -0.39 is 41.4 Å². The standard InChI is InChI=1S/C15H17N3O7.H2O/c1-2-17-5-6-18(13(22)12(17)21)15(25)16-11(14(23)24)8-3-4-9(19)10(20)7-8;/h3-4,7,11,19-20H,2,5-6H2,1H3,(H,16,25)(H,23,24);1H2. The van der Waals surface area contributed by atoms with Crippen molar-refractivity contribution in [1.29, 1.82) is 0 Å². The summed E-state index contributed by atoms with van der Waals surface area (Å²) in [6.45, 7) is 2.12. The predicted molar refractivity (Wildman–Crippen MR) is 86.3 cm³/mol. The Balaban J connectivity index is 0.00000338. The van der Waals surface area contributed by atoms with E-state index >= 15 is 0 Å². The number of phenols is 2. The molecule has 26 heavy (non-hydrogen) atoms. The van der Waals surface area contributed by atoms with E-state index in [4.69, 9.17) is 0 Å². The number of hydrogen-bond acceptors (Lipinski definition) is 6. The average Bonchev–Trinajstić information content (AvgIpc) is 2.57. The molecule has 0 aromatic heterocycles. The second-order valence-corrected chi connectivity index (χ2v) is 5.31. The van der Waals surface area contributed by atoms with E-state index in [9.17, 15) is 34.5 Å². The maximum absolute atomic E-state index is 12.2. The van der Waals surface area contributed by atoms with Crippen LogP contribution in [0.1, 0.15) is 18.5 Å². The second-order valence-electron chi connectivity index (χ2n) is 5.31. The van der Waals surface area contributed by atoms with E-state index in [0.717, 1.165) is 12.1 Å². The Bertz CT molecular complexity index is 736. The van der Waals surface area contributed by atoms with Crippen LogP contribution in [0.3, 0.4) is 0 Å². The van der Waals surface area contributed by atoms with Crippen LogP contribution in [0.2, 0.25) is 0 Å². The quantitative estimate of drug-likeness (QED) is 0.380. The van der Waals surface area contributed by atoms with Gasteiger partial charge in [-0.25, -0.2) is 9.59 Å². The Morgan fingerprint density at radius 1 is 1.15 bits per heavy atom. The van der Waals surface area contributed by atoms with Crippen molar-refractivity contribution >= 4 is 23.8 Å². The molecule has 11 heteroatoms. The minimum Gasteiger partial charge on any atom is -0.504 e. The molecule has 1 heterocycles. The number of nitrogens with zero attached hydrogens (tertiary/aromatic N) is 2. The third-order valence-electron chi connectivity index (χ3n) is 3.78. The van der Waals surface area contributed by atoms with Gasteiger partial charge in [-0.1, -0.05) is 6.07 Å². The lowest BCUT2D eigenvalue weighted by molar-refractivity contribution is -0.153. The number of carboxylic acid groups (broad SMARTS) is 1. The van der Waals surface area contributed by atoms with Crippen LogP contribution in [-0.2, 0) is 14.4 Å². The van der Waals surface area contributed by atoms with Gasteiger partial charge >= 0.3 is 23.8 Å². The van der Waals surface area contributed by atoms with Gasteiger partial charge in [-0.15, -0.1) is 0 Å². The predicted octanol–water partition coefficient (Wildman–Crippen LogP) is -1.20. The number of carbonyl (C=O) groups excluding carboxylic acids is 3. The summed E-state index contributed by atoms with van der Waals surface area (Å²) in [4.78, 5) is 49.4. The van der Waals surface area contributed by atoms with Crippen LogP contribution < -0.4 is 5.32 Å². The van der Waals surface area contributed by atoms with E-state index in [1.54, 1.807) is 6.92 Å². The van der Waals surface area contributed by atoms with E-state index in [1.165, 1.54) is 11.0 Å². The number of phenolic OH excluding ortho intramolecular Hbond substituents is 2. The van der Waals surface area contributed by atoms with Crippen molar-refractivity contribution < 1.29 is 40.0 Å². The highest BCUT2D eigenvalue weighted by atomic mass is 16.4. The number of amides is 4. The average molecular weight is 369 g/mol. The molecule has 0 bridgehead atoms. The minimum atomic E-state index is -1.58. The van der Waals surface area contributed by atoms with Crippen LogP contribution in [-0.4, -0.2) is 74.0 Å². The number of likely N-dealkylation sites (N-methyl/N-ethyl adjacent to an activating group) is 1. The summed E-state index contributed by atoms with van der Waals surface area (Å²) in [6.07, 6.45) is 0. The number of aliphatic carboxylic acids is 1. The monoisotopic (exact) mass is 369 g/mol. The van der Waals surface area contributed by atoms with Crippen molar-refractivity contribution in [3.8, 4) is 11.5 Å². The molecule has 1 aromatic rings. The number of rotatable bonds is 4. The fourth-order valence-electron chi connectivity index (χ4n) is 2.38. The molecule has 1 atom stereocenters. The second kappa shape index (κ2) is 8.16. The topological polar surface area (TPSA) is 179 Å². The molecule has 4 amide bonds. The summed E-state index contributed by atoms with van der Waals surface area (Å²) >= 11 is 0. The summed E-state index contributed by atoms with van der Waals surface area (Å²) < 4.78 is 0. The van der Waals surface area contributed by atoms with Crippen LogP contribution in [0.15, 0.2) is 18.2 Å². The Morgan fingerprint density at radius 3 is 2.35 bits per heavy atom. The zero-order valence-electron chi connectivity index (χ0n) is 13.8. The van der Waals surface area contributed by atoms with Crippen molar-refractivity contribution in [3.63, 3.8) is 0 Å². The van der Waals surface area contributed by atoms with Crippen LogP contribution in [0.25, 0.3) is 0 Å². The SMILES string of the molecule is CCN1CCN(C(=O)NC(C(=O)O)c2ccc(O)c(O)c2)C(=O)C1=O.O. The molecule has 6 N–H and O–H groups in total. The lowest BCUT2D eigenvalue weighted by Gasteiger charge is -2.32. The maximum Gasteiger partial charge on any atom is 0.330 e. The first-order chi connectivity index (χ1) is 11.8. The summed E-state index contributed by atoms with van der Waals surface area (Å²) in [5, 5.41) is 30.2. The molecule has 0 spiro atoms. The molecule has 2 rings (SSSR count). The highest BCUT2D eigenvalue weighted by molar-refractivity contribution is 6.38. The van der Waals surface area contributed by atoms with Crippen molar-refractivity contribution in [2.24, 2.45) is 0 Å². The largest absolute Gasteiger partial charge is 0.504 e. The number of nitrogens with one attached hydrogen (secondary N) is 1. The lowest BCUT2D eigenvalue weighted by Crippen LogP contribution is -2.58. The molecule has 1 aliphatic rings. The molecule has 1 aromatic carbocycles. The Hall–Kier alpha value is -3.34. The highest BCUT2D eigenvalue weighted by Gasteiger charge is 2.37. The number of imide groups is 1. The lowest BCUT2D eigenvalue weighted by atomic mass is 10.1. The molecule has 0 saturated carbocycles. The third kappa shape index (κ3) is 4.00. The molecule has 0 radical (unpaired) electrons. The smallest absolute Gasteiger partial charge is 0.330 e. The summed E-state index contributed by atoms with van der Waals surface area (Å²) in [7, 11) is 0. The highest BCUT2D eigenvalue weighted by Crippen LogP contribution is 2.28.